The Morgan fingerprint density at radius 3 is 2.62 bits per heavy atom. The van der Waals surface area contributed by atoms with E-state index in [-0.39, 0.29) is 0 Å². The van der Waals surface area contributed by atoms with Crippen LogP contribution in [0.2, 0.25) is 0 Å². The lowest BCUT2D eigenvalue weighted by atomic mass is 9.86. The van der Waals surface area contributed by atoms with Gasteiger partial charge in [-0.05, 0) is 25.7 Å². The summed E-state index contributed by atoms with van der Waals surface area (Å²) < 4.78 is 5.24. The molecule has 1 heteroatoms. The highest BCUT2D eigenvalue weighted by Crippen LogP contribution is 2.25. The van der Waals surface area contributed by atoms with Gasteiger partial charge in [0.15, 0.2) is 0 Å². The molecule has 1 rings (SSSR count). The van der Waals surface area contributed by atoms with Crippen LogP contribution in [0, 0.1) is 5.92 Å². The van der Waals surface area contributed by atoms with Crippen molar-refractivity contribution in [3.8, 4) is 0 Å². The van der Waals surface area contributed by atoms with Gasteiger partial charge in [0.05, 0.1) is 0 Å². The van der Waals surface area contributed by atoms with Gasteiger partial charge < -0.3 is 4.74 Å². The van der Waals surface area contributed by atoms with Crippen LogP contribution < -0.4 is 0 Å². The largest absolute Gasteiger partial charge is 0.381 e. The summed E-state index contributed by atoms with van der Waals surface area (Å²) >= 11 is 0. The summed E-state index contributed by atoms with van der Waals surface area (Å²) in [5, 5.41) is 0. The maximum atomic E-state index is 5.24. The molecule has 0 bridgehead atoms. The van der Waals surface area contributed by atoms with Crippen LogP contribution in [0.3, 0.4) is 0 Å². The molecular formula is C7H14O. The zero-order chi connectivity index (χ0) is 5.82. The molecule has 0 radical (unpaired) electrons. The molecule has 0 aromatic rings. The first kappa shape index (κ1) is 6.09. The van der Waals surface area contributed by atoms with E-state index in [1.54, 1.807) is 0 Å². The van der Waals surface area contributed by atoms with Gasteiger partial charge in [-0.15, -0.1) is 0 Å². The Morgan fingerprint density at radius 1 is 1.50 bits per heavy atom. The van der Waals surface area contributed by atoms with Crippen molar-refractivity contribution in [3.63, 3.8) is 0 Å². The Kier molecular flexibility index (Phi) is 2.34. The number of rotatable bonds is 3. The molecule has 0 aliphatic heterocycles. The Labute approximate surface area is 51.0 Å². The van der Waals surface area contributed by atoms with Gasteiger partial charge in [-0.25, -0.2) is 0 Å². The average Bonchev–Trinajstić information content (AvgIpc) is 1.63. The highest BCUT2D eigenvalue weighted by Gasteiger charge is 2.16. The molecule has 0 heterocycles. The van der Waals surface area contributed by atoms with E-state index < -0.39 is 0 Å². The number of hydrogen-bond donors (Lipinski definition) is 0. The minimum Gasteiger partial charge on any atom is -0.381 e. The molecule has 1 fully saturated rings. The molecule has 48 valence electrons. The lowest BCUT2D eigenvalue weighted by Crippen LogP contribution is -2.17. The summed E-state index contributed by atoms with van der Waals surface area (Å²) in [5.41, 5.74) is 0. The van der Waals surface area contributed by atoms with E-state index in [9.17, 15) is 0 Å². The molecule has 0 atom stereocenters. The monoisotopic (exact) mass is 114 g/mol. The van der Waals surface area contributed by atoms with Gasteiger partial charge in [0.25, 0.3) is 0 Å². The van der Waals surface area contributed by atoms with Crippen LogP contribution in [0.4, 0.5) is 0 Å². The fourth-order valence-corrected chi connectivity index (χ4v) is 0.944. The van der Waals surface area contributed by atoms with Crippen molar-refractivity contribution in [3.05, 3.63) is 0 Å². The number of ether oxygens (including phenoxy) is 1. The maximum absolute atomic E-state index is 5.24. The van der Waals surface area contributed by atoms with Crippen LogP contribution in [-0.2, 0) is 4.74 Å². The fraction of sp³-hybridized carbons (Fsp3) is 1.00. The zero-order valence-corrected chi connectivity index (χ0v) is 5.52. The molecule has 1 aliphatic rings. The SMILES string of the molecule is CCOCC1CCC1. The van der Waals surface area contributed by atoms with Crippen molar-refractivity contribution in [2.45, 2.75) is 26.2 Å². The highest BCUT2D eigenvalue weighted by molar-refractivity contribution is 4.67. The molecule has 1 nitrogen and oxygen atoms in total. The van der Waals surface area contributed by atoms with Gasteiger partial charge in [-0.2, -0.15) is 0 Å². The Balaban J connectivity index is 1.86. The van der Waals surface area contributed by atoms with Crippen LogP contribution in [0.15, 0.2) is 0 Å². The predicted octanol–water partition coefficient (Wildman–Crippen LogP) is 1.82. The van der Waals surface area contributed by atoms with Gasteiger partial charge >= 0.3 is 0 Å². The number of hydrogen-bond acceptors (Lipinski definition) is 1. The molecular weight excluding hydrogens is 100 g/mol. The molecule has 0 unspecified atom stereocenters. The molecule has 8 heavy (non-hydrogen) atoms. The fourth-order valence-electron chi connectivity index (χ4n) is 0.944. The standard InChI is InChI=1S/C7H14O/c1-2-8-6-7-4-3-5-7/h7H,2-6H2,1H3. The zero-order valence-electron chi connectivity index (χ0n) is 5.52. The molecule has 0 N–H and O–H groups in total. The first-order valence-corrected chi connectivity index (χ1v) is 3.51. The third-order valence-electron chi connectivity index (χ3n) is 1.78. The second-order valence-corrected chi connectivity index (χ2v) is 2.46. The van der Waals surface area contributed by atoms with E-state index in [4.69, 9.17) is 4.74 Å². The minimum atomic E-state index is 0.885. The molecule has 0 aromatic carbocycles. The summed E-state index contributed by atoms with van der Waals surface area (Å²) in [4.78, 5) is 0. The van der Waals surface area contributed by atoms with Crippen LogP contribution in [0.5, 0.6) is 0 Å². The lowest BCUT2D eigenvalue weighted by Gasteiger charge is -2.24. The average molecular weight is 114 g/mol. The van der Waals surface area contributed by atoms with Crippen molar-refractivity contribution < 1.29 is 4.74 Å². The third-order valence-corrected chi connectivity index (χ3v) is 1.78. The van der Waals surface area contributed by atoms with Crippen molar-refractivity contribution in [1.82, 2.24) is 0 Å². The van der Waals surface area contributed by atoms with Crippen molar-refractivity contribution >= 4 is 0 Å². The van der Waals surface area contributed by atoms with E-state index in [1.807, 2.05) is 0 Å². The van der Waals surface area contributed by atoms with Crippen LogP contribution in [-0.4, -0.2) is 13.2 Å². The molecule has 1 saturated carbocycles. The summed E-state index contributed by atoms with van der Waals surface area (Å²) in [5.74, 6) is 0.912. The van der Waals surface area contributed by atoms with Gasteiger partial charge in [0.1, 0.15) is 0 Å². The van der Waals surface area contributed by atoms with E-state index in [0.29, 0.717) is 0 Å². The van der Waals surface area contributed by atoms with Crippen molar-refractivity contribution in [2.24, 2.45) is 5.92 Å². The van der Waals surface area contributed by atoms with E-state index in [0.717, 1.165) is 19.1 Å². The first-order chi connectivity index (χ1) is 3.93. The topological polar surface area (TPSA) is 9.23 Å². The van der Waals surface area contributed by atoms with Crippen molar-refractivity contribution in [1.29, 1.82) is 0 Å². The normalized spacial score (nSPS) is 20.6. The van der Waals surface area contributed by atoms with E-state index in [2.05, 4.69) is 6.92 Å². The second-order valence-electron chi connectivity index (χ2n) is 2.46. The summed E-state index contributed by atoms with van der Waals surface area (Å²) in [6.07, 6.45) is 4.23. The highest BCUT2D eigenvalue weighted by atomic mass is 16.5. The Bertz CT molecular complexity index is 57.4. The molecule has 0 amide bonds. The Morgan fingerprint density at radius 2 is 2.25 bits per heavy atom. The third kappa shape index (κ3) is 1.48. The van der Waals surface area contributed by atoms with Crippen LogP contribution in [0.1, 0.15) is 26.2 Å². The first-order valence-electron chi connectivity index (χ1n) is 3.51. The summed E-state index contributed by atoms with van der Waals surface area (Å²) in [7, 11) is 0. The van der Waals surface area contributed by atoms with Gasteiger partial charge in [-0.3, -0.25) is 0 Å². The Hall–Kier alpha value is -0.0400. The molecule has 0 aromatic heterocycles. The second kappa shape index (κ2) is 3.08. The van der Waals surface area contributed by atoms with Gasteiger partial charge in [0, 0.05) is 13.2 Å². The smallest absolute Gasteiger partial charge is 0.0494 e. The van der Waals surface area contributed by atoms with Crippen LogP contribution >= 0.6 is 0 Å². The predicted molar refractivity (Wildman–Crippen MR) is 33.8 cm³/mol. The summed E-state index contributed by atoms with van der Waals surface area (Å²) in [6, 6.07) is 0. The molecule has 1 aliphatic carbocycles. The minimum absolute atomic E-state index is 0.885. The van der Waals surface area contributed by atoms with Crippen molar-refractivity contribution in [2.75, 3.05) is 13.2 Å². The van der Waals surface area contributed by atoms with E-state index >= 15 is 0 Å². The maximum Gasteiger partial charge on any atom is 0.0494 e. The van der Waals surface area contributed by atoms with Gasteiger partial charge in [-0.1, -0.05) is 6.42 Å². The lowest BCUT2D eigenvalue weighted by molar-refractivity contribution is 0.0789. The van der Waals surface area contributed by atoms with Gasteiger partial charge in [0.2, 0.25) is 0 Å². The molecule has 0 spiro atoms. The van der Waals surface area contributed by atoms with Crippen LogP contribution in [0.25, 0.3) is 0 Å². The summed E-state index contributed by atoms with van der Waals surface area (Å²) in [6.45, 7) is 3.95. The molecule has 0 saturated heterocycles. The van der Waals surface area contributed by atoms with E-state index in [1.165, 1.54) is 19.3 Å². The quantitative estimate of drug-likeness (QED) is 0.544.